The van der Waals surface area contributed by atoms with Crippen LogP contribution >= 0.6 is 11.3 Å². The van der Waals surface area contributed by atoms with E-state index >= 15 is 0 Å². The van der Waals surface area contributed by atoms with E-state index in [1.165, 1.54) is 53.9 Å². The number of amides is 2. The highest BCUT2D eigenvalue weighted by Gasteiger charge is 2.13. The zero-order chi connectivity index (χ0) is 24.8. The van der Waals surface area contributed by atoms with E-state index in [2.05, 4.69) is 15.8 Å². The lowest BCUT2D eigenvalue weighted by Gasteiger charge is -2.09. The van der Waals surface area contributed by atoms with E-state index in [4.69, 9.17) is 4.74 Å². The lowest BCUT2D eigenvalue weighted by Crippen LogP contribution is -2.20. The third-order valence-electron chi connectivity index (χ3n) is 4.71. The fraction of sp³-hybridized carbons (Fsp3) is 0.0417. The van der Waals surface area contributed by atoms with Crippen LogP contribution in [0.5, 0.6) is 5.75 Å². The summed E-state index contributed by atoms with van der Waals surface area (Å²) in [7, 11) is 0. The first-order chi connectivity index (χ1) is 16.9. The first-order valence-electron chi connectivity index (χ1n) is 10.2. The number of carbonyl (C=O) groups excluding carboxylic acids is 2. The fourth-order valence-electron chi connectivity index (χ4n) is 3.06. The van der Waals surface area contributed by atoms with Gasteiger partial charge in [-0.1, -0.05) is 12.1 Å². The highest BCUT2D eigenvalue weighted by atomic mass is 32.1. The predicted molar refractivity (Wildman–Crippen MR) is 131 cm³/mol. The molecular formula is C24H17FN4O5S. The van der Waals surface area contributed by atoms with Crippen molar-refractivity contribution < 1.29 is 23.6 Å². The molecule has 11 heteroatoms. The maximum atomic E-state index is 13.0. The van der Waals surface area contributed by atoms with Gasteiger partial charge in [0.25, 0.3) is 17.5 Å². The number of hydrogen-bond acceptors (Lipinski definition) is 7. The molecule has 0 bridgehead atoms. The standard InChI is InChI=1S/C24H17FN4O5S/c25-17-5-7-18(8-6-17)27-23(30)14-34-20-4-2-1-3-15(20)13-26-28-24(31)22-12-16-11-19(29(32)33)9-10-21(16)35-22/h1-13H,14H2,(H,27,30)(H,28,31)/b26-13-. The van der Waals surface area contributed by atoms with E-state index in [1.54, 1.807) is 36.4 Å². The summed E-state index contributed by atoms with van der Waals surface area (Å²) in [4.78, 5) is 35.4. The van der Waals surface area contributed by atoms with Crippen LogP contribution in [-0.4, -0.2) is 29.6 Å². The van der Waals surface area contributed by atoms with Crippen LogP contribution in [0, 0.1) is 15.9 Å². The van der Waals surface area contributed by atoms with Gasteiger partial charge in [-0.25, -0.2) is 9.82 Å². The van der Waals surface area contributed by atoms with Crippen LogP contribution in [0.1, 0.15) is 15.2 Å². The number of carbonyl (C=O) groups is 2. The van der Waals surface area contributed by atoms with Gasteiger partial charge in [0.2, 0.25) is 0 Å². The summed E-state index contributed by atoms with van der Waals surface area (Å²) in [6.07, 6.45) is 1.38. The maximum Gasteiger partial charge on any atom is 0.281 e. The monoisotopic (exact) mass is 492 g/mol. The van der Waals surface area contributed by atoms with E-state index in [-0.39, 0.29) is 12.3 Å². The molecule has 0 spiro atoms. The van der Waals surface area contributed by atoms with Gasteiger partial charge < -0.3 is 10.1 Å². The number of nitro groups is 1. The average Bonchev–Trinajstić information content (AvgIpc) is 3.28. The Morgan fingerprint density at radius 3 is 2.63 bits per heavy atom. The van der Waals surface area contributed by atoms with Crippen molar-refractivity contribution in [2.24, 2.45) is 5.10 Å². The summed E-state index contributed by atoms with van der Waals surface area (Å²) in [5.74, 6) is -0.936. The molecule has 3 aromatic carbocycles. The van der Waals surface area contributed by atoms with Gasteiger partial charge in [-0.05, 0) is 48.5 Å². The van der Waals surface area contributed by atoms with Crippen molar-refractivity contribution >= 4 is 50.8 Å². The highest BCUT2D eigenvalue weighted by Crippen LogP contribution is 2.29. The molecule has 4 aromatic rings. The summed E-state index contributed by atoms with van der Waals surface area (Å²) in [6, 6.07) is 18.1. The van der Waals surface area contributed by atoms with Crippen LogP contribution in [0.3, 0.4) is 0 Å². The molecule has 1 heterocycles. The molecule has 0 fully saturated rings. The summed E-state index contributed by atoms with van der Waals surface area (Å²) in [6.45, 7) is -0.289. The Morgan fingerprint density at radius 1 is 1.09 bits per heavy atom. The quantitative estimate of drug-likeness (QED) is 0.209. The van der Waals surface area contributed by atoms with Crippen molar-refractivity contribution in [3.05, 3.63) is 99.2 Å². The van der Waals surface area contributed by atoms with Crippen LogP contribution in [0.15, 0.2) is 77.9 Å². The van der Waals surface area contributed by atoms with Crippen molar-refractivity contribution in [2.75, 3.05) is 11.9 Å². The molecular weight excluding hydrogens is 475 g/mol. The van der Waals surface area contributed by atoms with Crippen molar-refractivity contribution in [2.45, 2.75) is 0 Å². The normalized spacial score (nSPS) is 10.9. The molecule has 35 heavy (non-hydrogen) atoms. The number of rotatable bonds is 8. The van der Waals surface area contributed by atoms with Gasteiger partial charge in [0.15, 0.2) is 6.61 Å². The number of benzene rings is 3. The summed E-state index contributed by atoms with van der Waals surface area (Å²) in [5.41, 5.74) is 3.32. The fourth-order valence-corrected chi connectivity index (χ4v) is 4.00. The Balaban J connectivity index is 1.36. The maximum absolute atomic E-state index is 13.0. The molecule has 1 aromatic heterocycles. The minimum absolute atomic E-state index is 0.0526. The largest absolute Gasteiger partial charge is 0.483 e. The van der Waals surface area contributed by atoms with Crippen molar-refractivity contribution in [1.29, 1.82) is 0 Å². The molecule has 2 amide bonds. The number of halogens is 1. The van der Waals surface area contributed by atoms with E-state index in [1.807, 2.05) is 0 Å². The molecule has 0 aliphatic heterocycles. The SMILES string of the molecule is O=C(COc1ccccc1/C=N\NC(=O)c1cc2cc([N+](=O)[O-])ccc2s1)Nc1ccc(F)cc1. The van der Waals surface area contributed by atoms with Crippen molar-refractivity contribution in [3.63, 3.8) is 0 Å². The summed E-state index contributed by atoms with van der Waals surface area (Å²) in [5, 5.41) is 18.1. The van der Waals surface area contributed by atoms with Crippen LogP contribution in [-0.2, 0) is 4.79 Å². The minimum Gasteiger partial charge on any atom is -0.483 e. The smallest absolute Gasteiger partial charge is 0.281 e. The van der Waals surface area contributed by atoms with Gasteiger partial charge in [0.1, 0.15) is 11.6 Å². The third kappa shape index (κ3) is 6.03. The summed E-state index contributed by atoms with van der Waals surface area (Å²) < 4.78 is 19.3. The molecule has 0 saturated heterocycles. The van der Waals surface area contributed by atoms with Crippen LogP contribution < -0.4 is 15.5 Å². The number of nitro benzene ring substituents is 1. The number of nitrogens with one attached hydrogen (secondary N) is 2. The zero-order valence-corrected chi connectivity index (χ0v) is 18.8. The topological polar surface area (TPSA) is 123 Å². The number of ether oxygens (including phenoxy) is 1. The number of thiophene rings is 1. The molecule has 0 unspecified atom stereocenters. The molecule has 0 atom stereocenters. The van der Waals surface area contributed by atoms with Gasteiger partial charge in [-0.3, -0.25) is 19.7 Å². The molecule has 176 valence electrons. The predicted octanol–water partition coefficient (Wildman–Crippen LogP) is 4.73. The number of hydrazone groups is 1. The van der Waals surface area contributed by atoms with E-state index < -0.39 is 22.6 Å². The third-order valence-corrected chi connectivity index (χ3v) is 5.82. The number of anilines is 1. The first kappa shape index (κ1) is 23.5. The van der Waals surface area contributed by atoms with Crippen LogP contribution in [0.2, 0.25) is 0 Å². The Kier molecular flexibility index (Phi) is 7.07. The Labute approximate surface area is 202 Å². The second-order valence-electron chi connectivity index (χ2n) is 7.17. The molecule has 4 rings (SSSR count). The zero-order valence-electron chi connectivity index (χ0n) is 17.9. The van der Waals surface area contributed by atoms with Gasteiger partial charge in [-0.2, -0.15) is 5.10 Å². The van der Waals surface area contributed by atoms with Crippen LogP contribution in [0.4, 0.5) is 15.8 Å². The van der Waals surface area contributed by atoms with E-state index in [0.29, 0.717) is 27.3 Å². The average molecular weight is 492 g/mol. The van der Waals surface area contributed by atoms with Gasteiger partial charge in [0, 0.05) is 33.5 Å². The Hall–Kier alpha value is -4.64. The second kappa shape index (κ2) is 10.5. The Bertz CT molecular complexity index is 1440. The Morgan fingerprint density at radius 2 is 1.86 bits per heavy atom. The molecule has 0 radical (unpaired) electrons. The minimum atomic E-state index is -0.493. The number of non-ortho nitro benzene ring substituents is 1. The number of para-hydroxylation sites is 1. The van der Waals surface area contributed by atoms with Gasteiger partial charge in [0.05, 0.1) is 16.0 Å². The molecule has 9 nitrogen and oxygen atoms in total. The second-order valence-corrected chi connectivity index (χ2v) is 8.25. The lowest BCUT2D eigenvalue weighted by molar-refractivity contribution is -0.384. The molecule has 0 aliphatic rings. The van der Waals surface area contributed by atoms with Crippen molar-refractivity contribution in [3.8, 4) is 5.75 Å². The van der Waals surface area contributed by atoms with Gasteiger partial charge in [-0.15, -0.1) is 11.3 Å². The highest BCUT2D eigenvalue weighted by molar-refractivity contribution is 7.20. The van der Waals surface area contributed by atoms with Crippen LogP contribution in [0.25, 0.3) is 10.1 Å². The van der Waals surface area contributed by atoms with E-state index in [0.717, 1.165) is 4.70 Å². The van der Waals surface area contributed by atoms with Crippen molar-refractivity contribution in [1.82, 2.24) is 5.43 Å². The first-order valence-corrected chi connectivity index (χ1v) is 11.0. The summed E-state index contributed by atoms with van der Waals surface area (Å²) >= 11 is 1.19. The number of nitrogens with zero attached hydrogens (tertiary/aromatic N) is 2. The molecule has 2 N–H and O–H groups in total. The lowest BCUT2D eigenvalue weighted by atomic mass is 10.2. The number of hydrogen-bond donors (Lipinski definition) is 2. The molecule has 0 saturated carbocycles. The molecule has 0 aliphatic carbocycles. The van der Waals surface area contributed by atoms with E-state index in [9.17, 15) is 24.1 Å². The number of fused-ring (bicyclic) bond motifs is 1. The van der Waals surface area contributed by atoms with Gasteiger partial charge >= 0.3 is 0 Å².